The number of amides is 2. The van der Waals surface area contributed by atoms with Gasteiger partial charge in [-0.05, 0) is 26.3 Å². The molecule has 6 nitrogen and oxygen atoms in total. The number of carboxylic acids is 1. The number of nitrogens with zero attached hydrogens (tertiary/aromatic N) is 2. The lowest BCUT2D eigenvalue weighted by atomic mass is 10.2. The van der Waals surface area contributed by atoms with Crippen molar-refractivity contribution in [1.82, 2.24) is 9.80 Å². The van der Waals surface area contributed by atoms with E-state index in [1.807, 2.05) is 19.9 Å². The summed E-state index contributed by atoms with van der Waals surface area (Å²) in [7, 11) is 1.72. The second-order valence-corrected chi connectivity index (χ2v) is 5.05. The molecule has 0 unspecified atom stereocenters. The third-order valence-corrected chi connectivity index (χ3v) is 2.99. The molecule has 0 saturated carbocycles. The molecule has 0 aliphatic rings. The molecule has 1 aromatic rings. The van der Waals surface area contributed by atoms with Gasteiger partial charge in [-0.3, -0.25) is 4.79 Å². The maximum atomic E-state index is 12.4. The number of hydrogen-bond donors (Lipinski definition) is 1. The Hall–Kier alpha value is -1.98. The van der Waals surface area contributed by atoms with E-state index in [4.69, 9.17) is 9.52 Å². The molecule has 1 N–H and O–H groups in total. The molecule has 1 aromatic heterocycles. The fraction of sp³-hybridized carbons (Fsp3) is 0.571. The second-order valence-electron chi connectivity index (χ2n) is 5.05. The Labute approximate surface area is 119 Å². The van der Waals surface area contributed by atoms with Gasteiger partial charge in [-0.2, -0.15) is 0 Å². The Balaban J connectivity index is 2.56. The van der Waals surface area contributed by atoms with Crippen LogP contribution in [0.4, 0.5) is 4.79 Å². The van der Waals surface area contributed by atoms with Gasteiger partial charge in [0.15, 0.2) is 0 Å². The first-order valence-corrected chi connectivity index (χ1v) is 6.66. The van der Waals surface area contributed by atoms with Crippen LogP contribution in [0.25, 0.3) is 0 Å². The average Bonchev–Trinajstić information content (AvgIpc) is 2.85. The summed E-state index contributed by atoms with van der Waals surface area (Å²) in [6.07, 6.45) is 3.70. The molecule has 0 aromatic carbocycles. The zero-order chi connectivity index (χ0) is 15.1. The first-order valence-electron chi connectivity index (χ1n) is 6.66. The van der Waals surface area contributed by atoms with Gasteiger partial charge in [0.1, 0.15) is 0 Å². The molecule has 1 heterocycles. The van der Waals surface area contributed by atoms with Gasteiger partial charge in [0.25, 0.3) is 0 Å². The summed E-state index contributed by atoms with van der Waals surface area (Å²) in [6, 6.07) is 1.74. The van der Waals surface area contributed by atoms with Crippen molar-refractivity contribution in [2.75, 3.05) is 13.6 Å². The van der Waals surface area contributed by atoms with Gasteiger partial charge in [-0.15, -0.1) is 0 Å². The van der Waals surface area contributed by atoms with E-state index in [2.05, 4.69) is 0 Å². The Bertz CT molecular complexity index is 428. The lowest BCUT2D eigenvalue weighted by Crippen LogP contribution is -2.45. The van der Waals surface area contributed by atoms with Gasteiger partial charge >= 0.3 is 12.0 Å². The van der Waals surface area contributed by atoms with Crippen LogP contribution in [0, 0.1) is 0 Å². The van der Waals surface area contributed by atoms with E-state index in [-0.39, 0.29) is 18.5 Å². The molecular weight excluding hydrogens is 260 g/mol. The molecule has 0 atom stereocenters. The number of carbonyl (C=O) groups is 2. The highest BCUT2D eigenvalue weighted by Gasteiger charge is 2.20. The maximum absolute atomic E-state index is 12.4. The zero-order valence-electron chi connectivity index (χ0n) is 12.2. The number of aliphatic carboxylic acids is 1. The molecule has 1 rings (SSSR count). The number of hydrogen-bond acceptors (Lipinski definition) is 3. The van der Waals surface area contributed by atoms with Crippen LogP contribution in [0.3, 0.4) is 0 Å². The third-order valence-electron chi connectivity index (χ3n) is 2.99. The Kier molecular flexibility index (Phi) is 6.09. The molecule has 112 valence electrons. The highest BCUT2D eigenvalue weighted by atomic mass is 16.4. The van der Waals surface area contributed by atoms with Gasteiger partial charge in [0.2, 0.25) is 0 Å². The predicted molar refractivity (Wildman–Crippen MR) is 74.3 cm³/mol. The highest BCUT2D eigenvalue weighted by Crippen LogP contribution is 2.10. The summed E-state index contributed by atoms with van der Waals surface area (Å²) in [5.41, 5.74) is 0.926. The van der Waals surface area contributed by atoms with E-state index < -0.39 is 5.97 Å². The van der Waals surface area contributed by atoms with E-state index in [1.165, 1.54) is 0 Å². The molecule has 0 fully saturated rings. The first kappa shape index (κ1) is 16.1. The van der Waals surface area contributed by atoms with E-state index in [0.717, 1.165) is 5.56 Å². The summed E-state index contributed by atoms with van der Waals surface area (Å²) in [4.78, 5) is 26.2. The standard InChI is InChI=1S/C14H22N2O4/c1-11(2)16(7-4-5-13(17)18)14(19)15(3)9-12-6-8-20-10-12/h6,8,10-11H,4-5,7,9H2,1-3H3,(H,17,18). The Morgan fingerprint density at radius 3 is 2.60 bits per heavy atom. The minimum absolute atomic E-state index is 0.0306. The van der Waals surface area contributed by atoms with Crippen LogP contribution in [-0.4, -0.2) is 46.5 Å². The number of carboxylic acid groups (broad SMARTS) is 1. The van der Waals surface area contributed by atoms with Crippen LogP contribution in [0.2, 0.25) is 0 Å². The van der Waals surface area contributed by atoms with Crippen molar-refractivity contribution in [3.8, 4) is 0 Å². The smallest absolute Gasteiger partial charge is 0.320 e. The predicted octanol–water partition coefficient (Wildman–Crippen LogP) is 2.41. The van der Waals surface area contributed by atoms with Crippen LogP contribution in [0.1, 0.15) is 32.3 Å². The fourth-order valence-corrected chi connectivity index (χ4v) is 1.92. The summed E-state index contributed by atoms with van der Waals surface area (Å²) < 4.78 is 4.98. The average molecular weight is 282 g/mol. The molecule has 0 bridgehead atoms. The minimum Gasteiger partial charge on any atom is -0.481 e. The lowest BCUT2D eigenvalue weighted by Gasteiger charge is -2.31. The highest BCUT2D eigenvalue weighted by molar-refractivity contribution is 5.74. The Morgan fingerprint density at radius 1 is 1.40 bits per heavy atom. The minimum atomic E-state index is -0.840. The summed E-state index contributed by atoms with van der Waals surface area (Å²) >= 11 is 0. The van der Waals surface area contributed by atoms with E-state index in [1.54, 1.807) is 29.4 Å². The lowest BCUT2D eigenvalue weighted by molar-refractivity contribution is -0.137. The van der Waals surface area contributed by atoms with Crippen molar-refractivity contribution in [1.29, 1.82) is 0 Å². The summed E-state index contributed by atoms with van der Waals surface area (Å²) in [5, 5.41) is 8.66. The van der Waals surface area contributed by atoms with Crippen molar-refractivity contribution in [3.63, 3.8) is 0 Å². The molecule has 2 amide bonds. The molecule has 0 aliphatic heterocycles. The van der Waals surface area contributed by atoms with Crippen LogP contribution in [0.15, 0.2) is 23.0 Å². The maximum Gasteiger partial charge on any atom is 0.320 e. The third kappa shape index (κ3) is 4.95. The van der Waals surface area contributed by atoms with Crippen molar-refractivity contribution < 1.29 is 19.1 Å². The van der Waals surface area contributed by atoms with E-state index >= 15 is 0 Å². The van der Waals surface area contributed by atoms with Crippen LogP contribution in [-0.2, 0) is 11.3 Å². The SMILES string of the molecule is CC(C)N(CCCC(=O)O)C(=O)N(C)Cc1ccoc1. The van der Waals surface area contributed by atoms with Gasteiger partial charge in [0, 0.05) is 31.6 Å². The number of carbonyl (C=O) groups excluding carboxylic acids is 1. The van der Waals surface area contributed by atoms with Crippen LogP contribution >= 0.6 is 0 Å². The zero-order valence-corrected chi connectivity index (χ0v) is 12.2. The van der Waals surface area contributed by atoms with Gasteiger partial charge in [-0.25, -0.2) is 4.79 Å². The molecule has 0 radical (unpaired) electrons. The topological polar surface area (TPSA) is 74.0 Å². The fourth-order valence-electron chi connectivity index (χ4n) is 1.92. The van der Waals surface area contributed by atoms with E-state index in [9.17, 15) is 9.59 Å². The molecule has 0 spiro atoms. The second kappa shape index (κ2) is 7.57. The number of urea groups is 1. The molecule has 20 heavy (non-hydrogen) atoms. The summed E-state index contributed by atoms with van der Waals surface area (Å²) in [5.74, 6) is -0.840. The van der Waals surface area contributed by atoms with Crippen LogP contribution < -0.4 is 0 Å². The van der Waals surface area contributed by atoms with E-state index in [0.29, 0.717) is 19.5 Å². The quantitative estimate of drug-likeness (QED) is 0.833. The summed E-state index contributed by atoms with van der Waals surface area (Å²) in [6.45, 7) is 4.75. The van der Waals surface area contributed by atoms with Crippen molar-refractivity contribution >= 4 is 12.0 Å². The number of furan rings is 1. The molecule has 6 heteroatoms. The Morgan fingerprint density at radius 2 is 2.10 bits per heavy atom. The van der Waals surface area contributed by atoms with Crippen molar-refractivity contribution in [2.45, 2.75) is 39.3 Å². The molecular formula is C14H22N2O4. The largest absolute Gasteiger partial charge is 0.481 e. The number of rotatable bonds is 7. The van der Waals surface area contributed by atoms with Crippen molar-refractivity contribution in [3.05, 3.63) is 24.2 Å². The van der Waals surface area contributed by atoms with Gasteiger partial charge < -0.3 is 19.3 Å². The van der Waals surface area contributed by atoms with Crippen LogP contribution in [0.5, 0.6) is 0 Å². The monoisotopic (exact) mass is 282 g/mol. The normalized spacial score (nSPS) is 10.6. The first-order chi connectivity index (χ1) is 9.41. The molecule has 0 aliphatic carbocycles. The van der Waals surface area contributed by atoms with Crippen molar-refractivity contribution in [2.24, 2.45) is 0 Å². The van der Waals surface area contributed by atoms with Gasteiger partial charge in [-0.1, -0.05) is 0 Å². The molecule has 0 saturated heterocycles. The van der Waals surface area contributed by atoms with Gasteiger partial charge in [0.05, 0.1) is 19.1 Å².